The Kier molecular flexibility index (Phi) is 4.41. The summed E-state index contributed by atoms with van der Waals surface area (Å²) >= 11 is 0. The zero-order chi connectivity index (χ0) is 13.9. The highest BCUT2D eigenvalue weighted by atomic mass is 15.3. The minimum Gasteiger partial charge on any atom is -0.314 e. The van der Waals surface area contributed by atoms with Gasteiger partial charge in [0.15, 0.2) is 0 Å². The molecule has 4 nitrogen and oxygen atoms in total. The van der Waals surface area contributed by atoms with Crippen LogP contribution in [-0.2, 0) is 6.54 Å². The monoisotopic (exact) mass is 276 g/mol. The quantitative estimate of drug-likeness (QED) is 0.836. The van der Waals surface area contributed by atoms with E-state index < -0.39 is 0 Å². The number of piperidine rings is 1. The lowest BCUT2D eigenvalue weighted by Crippen LogP contribution is -2.45. The Bertz CT molecular complexity index is 440. The molecule has 2 fully saturated rings. The van der Waals surface area contributed by atoms with Crippen LogP contribution in [0.4, 0.5) is 0 Å². The number of aryl methyl sites for hydroxylation is 3. The second-order valence-electron chi connectivity index (χ2n) is 6.51. The van der Waals surface area contributed by atoms with Gasteiger partial charge in [-0.05, 0) is 71.7 Å². The van der Waals surface area contributed by atoms with Gasteiger partial charge in [0.2, 0.25) is 0 Å². The third-order valence-corrected chi connectivity index (χ3v) is 4.90. The molecule has 3 heterocycles. The van der Waals surface area contributed by atoms with Crippen molar-refractivity contribution in [2.45, 2.75) is 64.6 Å². The Morgan fingerprint density at radius 2 is 2.20 bits per heavy atom. The van der Waals surface area contributed by atoms with Crippen LogP contribution in [0.3, 0.4) is 0 Å². The number of nitrogens with one attached hydrogen (secondary N) is 1. The van der Waals surface area contributed by atoms with E-state index >= 15 is 0 Å². The van der Waals surface area contributed by atoms with Crippen LogP contribution in [0.15, 0.2) is 6.07 Å². The van der Waals surface area contributed by atoms with Gasteiger partial charge in [0.05, 0.1) is 5.69 Å². The Morgan fingerprint density at radius 3 is 3.00 bits per heavy atom. The lowest BCUT2D eigenvalue weighted by molar-refractivity contribution is 0.167. The Hall–Kier alpha value is -0.870. The van der Waals surface area contributed by atoms with E-state index in [4.69, 9.17) is 0 Å². The van der Waals surface area contributed by atoms with Crippen molar-refractivity contribution in [3.63, 3.8) is 0 Å². The summed E-state index contributed by atoms with van der Waals surface area (Å²) in [4.78, 5) is 2.69. The van der Waals surface area contributed by atoms with Gasteiger partial charge < -0.3 is 10.2 Å². The van der Waals surface area contributed by atoms with Gasteiger partial charge in [0.1, 0.15) is 0 Å². The topological polar surface area (TPSA) is 33.1 Å². The molecule has 3 rings (SSSR count). The molecule has 0 aromatic carbocycles. The Balaban J connectivity index is 1.37. The maximum atomic E-state index is 4.52. The van der Waals surface area contributed by atoms with Gasteiger partial charge in [-0.3, -0.25) is 4.68 Å². The molecule has 2 atom stereocenters. The summed E-state index contributed by atoms with van der Waals surface area (Å²) in [5, 5.41) is 8.28. The van der Waals surface area contributed by atoms with E-state index in [2.05, 4.69) is 39.9 Å². The molecule has 112 valence electrons. The summed E-state index contributed by atoms with van der Waals surface area (Å²) in [7, 11) is 0. The van der Waals surface area contributed by atoms with Crippen LogP contribution in [-0.4, -0.2) is 46.4 Å². The maximum Gasteiger partial charge on any atom is 0.0596 e. The highest BCUT2D eigenvalue weighted by Gasteiger charge is 2.31. The van der Waals surface area contributed by atoms with Gasteiger partial charge in [-0.15, -0.1) is 0 Å². The number of nitrogens with zero attached hydrogens (tertiary/aromatic N) is 3. The van der Waals surface area contributed by atoms with Gasteiger partial charge in [-0.1, -0.05) is 0 Å². The molecule has 4 heteroatoms. The number of rotatable bonds is 5. The summed E-state index contributed by atoms with van der Waals surface area (Å²) < 4.78 is 2.14. The normalized spacial score (nSPS) is 26.9. The number of hydrogen-bond acceptors (Lipinski definition) is 3. The molecule has 1 N–H and O–H groups in total. The zero-order valence-electron chi connectivity index (χ0n) is 12.9. The van der Waals surface area contributed by atoms with Crippen LogP contribution in [0, 0.1) is 13.8 Å². The molecular formula is C16H28N4. The predicted molar refractivity (Wildman–Crippen MR) is 81.9 cm³/mol. The molecule has 0 saturated carbocycles. The molecule has 0 aliphatic carbocycles. The zero-order valence-corrected chi connectivity index (χ0v) is 12.9. The van der Waals surface area contributed by atoms with Crippen molar-refractivity contribution in [3.8, 4) is 0 Å². The van der Waals surface area contributed by atoms with E-state index in [0.717, 1.165) is 30.9 Å². The van der Waals surface area contributed by atoms with E-state index in [9.17, 15) is 0 Å². The van der Waals surface area contributed by atoms with E-state index in [1.165, 1.54) is 50.9 Å². The summed E-state index contributed by atoms with van der Waals surface area (Å²) in [6, 6.07) is 3.77. The van der Waals surface area contributed by atoms with E-state index in [1.54, 1.807) is 0 Å². The maximum absolute atomic E-state index is 4.52. The fourth-order valence-corrected chi connectivity index (χ4v) is 3.85. The smallest absolute Gasteiger partial charge is 0.0596 e. The van der Waals surface area contributed by atoms with Crippen LogP contribution in [0.25, 0.3) is 0 Å². The largest absolute Gasteiger partial charge is 0.314 e. The van der Waals surface area contributed by atoms with Gasteiger partial charge in [-0.2, -0.15) is 5.10 Å². The standard InChI is InChI=1S/C16H28N4/c1-13-11-14(2)20(18-13)9-4-7-17-15-6-10-19-8-3-5-16(19)12-15/h11,15-17H,3-10,12H2,1-2H3/t15-,16+/m0/s1. The molecular weight excluding hydrogens is 248 g/mol. The number of hydrogen-bond donors (Lipinski definition) is 1. The third kappa shape index (κ3) is 3.23. The second kappa shape index (κ2) is 6.27. The summed E-state index contributed by atoms with van der Waals surface area (Å²) in [5.41, 5.74) is 2.41. The van der Waals surface area contributed by atoms with Gasteiger partial charge in [0, 0.05) is 24.3 Å². The molecule has 0 radical (unpaired) electrons. The first-order valence-electron chi connectivity index (χ1n) is 8.21. The van der Waals surface area contributed by atoms with Crippen LogP contribution >= 0.6 is 0 Å². The molecule has 0 amide bonds. The van der Waals surface area contributed by atoms with Crippen LogP contribution in [0.5, 0.6) is 0 Å². The Labute approximate surface area is 122 Å². The van der Waals surface area contributed by atoms with Crippen LogP contribution < -0.4 is 5.32 Å². The van der Waals surface area contributed by atoms with Gasteiger partial charge in [-0.25, -0.2) is 0 Å². The SMILES string of the molecule is Cc1cc(C)n(CCCN[C@H]2CCN3CCC[C@@H]3C2)n1. The fraction of sp³-hybridized carbons (Fsp3) is 0.812. The van der Waals surface area contributed by atoms with Crippen molar-refractivity contribution in [1.29, 1.82) is 0 Å². The minimum absolute atomic E-state index is 0.745. The molecule has 2 saturated heterocycles. The highest BCUT2D eigenvalue weighted by Crippen LogP contribution is 2.26. The van der Waals surface area contributed by atoms with Crippen molar-refractivity contribution in [1.82, 2.24) is 20.0 Å². The fourth-order valence-electron chi connectivity index (χ4n) is 3.85. The average Bonchev–Trinajstić information content (AvgIpc) is 3.00. The lowest BCUT2D eigenvalue weighted by atomic mass is 9.97. The first-order valence-corrected chi connectivity index (χ1v) is 8.21. The van der Waals surface area contributed by atoms with Crippen molar-refractivity contribution in [2.24, 2.45) is 0 Å². The number of fused-ring (bicyclic) bond motifs is 1. The summed E-state index contributed by atoms with van der Waals surface area (Å²) in [5.74, 6) is 0. The molecule has 1 aromatic heterocycles. The second-order valence-corrected chi connectivity index (χ2v) is 6.51. The highest BCUT2D eigenvalue weighted by molar-refractivity contribution is 5.06. The first kappa shape index (κ1) is 14.1. The Morgan fingerprint density at radius 1 is 1.30 bits per heavy atom. The van der Waals surface area contributed by atoms with Crippen molar-refractivity contribution in [3.05, 3.63) is 17.5 Å². The molecule has 0 unspecified atom stereocenters. The minimum atomic E-state index is 0.745. The average molecular weight is 276 g/mol. The predicted octanol–water partition coefficient (Wildman–Crippen LogP) is 2.11. The molecule has 2 aliphatic rings. The molecule has 2 aliphatic heterocycles. The first-order chi connectivity index (χ1) is 9.72. The van der Waals surface area contributed by atoms with Gasteiger partial charge >= 0.3 is 0 Å². The lowest BCUT2D eigenvalue weighted by Gasteiger charge is -2.35. The van der Waals surface area contributed by atoms with E-state index in [0.29, 0.717) is 0 Å². The molecule has 20 heavy (non-hydrogen) atoms. The van der Waals surface area contributed by atoms with Crippen molar-refractivity contribution >= 4 is 0 Å². The van der Waals surface area contributed by atoms with Crippen molar-refractivity contribution < 1.29 is 0 Å². The summed E-state index contributed by atoms with van der Waals surface area (Å²) in [6.07, 6.45) is 6.70. The molecule has 1 aromatic rings. The van der Waals surface area contributed by atoms with Crippen molar-refractivity contribution in [2.75, 3.05) is 19.6 Å². The van der Waals surface area contributed by atoms with E-state index in [1.807, 2.05) is 0 Å². The third-order valence-electron chi connectivity index (χ3n) is 4.90. The van der Waals surface area contributed by atoms with E-state index in [-0.39, 0.29) is 0 Å². The summed E-state index contributed by atoms with van der Waals surface area (Å²) in [6.45, 7) is 9.01. The van der Waals surface area contributed by atoms with Crippen LogP contribution in [0.2, 0.25) is 0 Å². The van der Waals surface area contributed by atoms with Crippen LogP contribution in [0.1, 0.15) is 43.5 Å². The molecule has 0 bridgehead atoms. The molecule has 0 spiro atoms. The number of aromatic nitrogens is 2. The van der Waals surface area contributed by atoms with Gasteiger partial charge in [0.25, 0.3) is 0 Å².